The number of rotatable bonds is 4. The van der Waals surface area contributed by atoms with E-state index in [1.54, 1.807) is 54.7 Å². The number of fused-ring (bicyclic) bond motifs is 1. The van der Waals surface area contributed by atoms with E-state index in [4.69, 9.17) is 22.1 Å². The Morgan fingerprint density at radius 2 is 2.03 bits per heavy atom. The lowest BCUT2D eigenvalue weighted by atomic mass is 10.1. The number of pyridine rings is 1. The van der Waals surface area contributed by atoms with Crippen LogP contribution in [0.15, 0.2) is 54.7 Å². The summed E-state index contributed by atoms with van der Waals surface area (Å²) in [4.78, 5) is 30.9. The highest BCUT2D eigenvalue weighted by Gasteiger charge is 2.39. The molecular weight excluding hydrogens is 408 g/mol. The Morgan fingerprint density at radius 3 is 2.80 bits per heavy atom. The number of nitrogens with zero attached hydrogens (tertiary/aromatic N) is 2. The predicted octanol–water partition coefficient (Wildman–Crippen LogP) is 2.20. The van der Waals surface area contributed by atoms with Crippen LogP contribution in [0.1, 0.15) is 0 Å². The van der Waals surface area contributed by atoms with Crippen LogP contribution in [-0.2, 0) is 14.3 Å². The average molecular weight is 427 g/mol. The van der Waals surface area contributed by atoms with E-state index in [1.807, 2.05) is 0 Å². The molecule has 0 radical (unpaired) electrons. The van der Waals surface area contributed by atoms with E-state index in [-0.39, 0.29) is 6.61 Å². The third-order valence-electron chi connectivity index (χ3n) is 4.88. The van der Waals surface area contributed by atoms with Crippen LogP contribution in [-0.4, -0.2) is 47.3 Å². The number of ether oxygens (including phenoxy) is 1. The third kappa shape index (κ3) is 3.93. The lowest BCUT2D eigenvalue weighted by Crippen LogP contribution is -2.55. The van der Waals surface area contributed by atoms with Crippen LogP contribution >= 0.6 is 11.6 Å². The minimum atomic E-state index is -1.68. The standard InChI is InChI=1S/C21H19ClN4O4/c22-13-1-4-15(5-2-13)26-9-10-30-18(21(26)29)17(27)20(28)25-14-3-6-16-12(11-14)7-8-24-19(16)23/h1-8,11,17-18,27H,9-10H2,(H2,23,24)(H,25,28)/t17?,18-/m1/s1. The molecule has 1 unspecified atom stereocenters. The molecule has 0 saturated carbocycles. The average Bonchev–Trinajstić information content (AvgIpc) is 2.74. The maximum absolute atomic E-state index is 12.8. The number of hydrogen-bond acceptors (Lipinski definition) is 6. The molecule has 30 heavy (non-hydrogen) atoms. The van der Waals surface area contributed by atoms with Crippen LogP contribution in [0.2, 0.25) is 5.02 Å². The van der Waals surface area contributed by atoms with Gasteiger partial charge in [0.05, 0.1) is 6.61 Å². The molecular formula is C21H19ClN4O4. The minimum absolute atomic E-state index is 0.186. The molecule has 2 amide bonds. The summed E-state index contributed by atoms with van der Waals surface area (Å²) in [7, 11) is 0. The summed E-state index contributed by atoms with van der Waals surface area (Å²) >= 11 is 5.90. The first-order valence-corrected chi connectivity index (χ1v) is 9.63. The zero-order chi connectivity index (χ0) is 21.3. The summed E-state index contributed by atoms with van der Waals surface area (Å²) in [5.74, 6) is -0.856. The second kappa shape index (κ2) is 8.27. The first kappa shape index (κ1) is 20.1. The van der Waals surface area contributed by atoms with Gasteiger partial charge in [-0.25, -0.2) is 4.98 Å². The number of morpholine rings is 1. The number of amides is 2. The first-order chi connectivity index (χ1) is 14.4. The number of nitrogens with two attached hydrogens (primary N) is 1. The Morgan fingerprint density at radius 1 is 1.27 bits per heavy atom. The molecule has 1 aliphatic heterocycles. The number of aliphatic hydroxyl groups is 1. The van der Waals surface area contributed by atoms with Crippen molar-refractivity contribution in [3.8, 4) is 0 Å². The maximum atomic E-state index is 12.8. The number of carbonyl (C=O) groups excluding carboxylic acids is 2. The molecule has 2 atom stereocenters. The van der Waals surface area contributed by atoms with Crippen LogP contribution < -0.4 is 16.0 Å². The van der Waals surface area contributed by atoms with Gasteiger partial charge in [0, 0.05) is 34.5 Å². The van der Waals surface area contributed by atoms with Crippen molar-refractivity contribution in [3.05, 3.63) is 59.8 Å². The molecule has 4 rings (SSSR count). The lowest BCUT2D eigenvalue weighted by molar-refractivity contribution is -0.150. The second-order valence-corrected chi connectivity index (χ2v) is 7.26. The number of hydrogen-bond donors (Lipinski definition) is 3. The minimum Gasteiger partial charge on any atom is -0.383 e. The Labute approximate surface area is 177 Å². The highest BCUT2D eigenvalue weighted by Crippen LogP contribution is 2.24. The van der Waals surface area contributed by atoms with Crippen molar-refractivity contribution >= 4 is 51.4 Å². The Balaban J connectivity index is 1.49. The van der Waals surface area contributed by atoms with Crippen molar-refractivity contribution in [3.63, 3.8) is 0 Å². The first-order valence-electron chi connectivity index (χ1n) is 9.26. The molecule has 154 valence electrons. The lowest BCUT2D eigenvalue weighted by Gasteiger charge is -2.34. The van der Waals surface area contributed by atoms with E-state index >= 15 is 0 Å². The van der Waals surface area contributed by atoms with Crippen molar-refractivity contribution in [2.24, 2.45) is 0 Å². The number of anilines is 3. The molecule has 1 aliphatic rings. The van der Waals surface area contributed by atoms with Gasteiger partial charge in [0.15, 0.2) is 12.2 Å². The summed E-state index contributed by atoms with van der Waals surface area (Å²) in [6.45, 7) is 0.497. The largest absolute Gasteiger partial charge is 0.383 e. The van der Waals surface area contributed by atoms with Crippen LogP contribution in [0, 0.1) is 0 Å². The third-order valence-corrected chi connectivity index (χ3v) is 5.13. The molecule has 0 spiro atoms. The van der Waals surface area contributed by atoms with Gasteiger partial charge in [0.1, 0.15) is 5.82 Å². The monoisotopic (exact) mass is 426 g/mol. The quantitative estimate of drug-likeness (QED) is 0.588. The highest BCUT2D eigenvalue weighted by atomic mass is 35.5. The topological polar surface area (TPSA) is 118 Å². The molecule has 8 nitrogen and oxygen atoms in total. The van der Waals surface area contributed by atoms with Crippen molar-refractivity contribution in [1.29, 1.82) is 0 Å². The molecule has 1 aromatic heterocycles. The Hall–Kier alpha value is -3.20. The van der Waals surface area contributed by atoms with Crippen LogP contribution in [0.3, 0.4) is 0 Å². The molecule has 0 bridgehead atoms. The van der Waals surface area contributed by atoms with Gasteiger partial charge < -0.3 is 25.8 Å². The number of benzene rings is 2. The second-order valence-electron chi connectivity index (χ2n) is 6.82. The van der Waals surface area contributed by atoms with Crippen LogP contribution in [0.25, 0.3) is 10.8 Å². The number of halogens is 1. The summed E-state index contributed by atoms with van der Waals surface area (Å²) in [5, 5.41) is 15.2. The molecule has 1 fully saturated rings. The van der Waals surface area contributed by atoms with Gasteiger partial charge in [0.25, 0.3) is 11.8 Å². The van der Waals surface area contributed by atoms with E-state index in [9.17, 15) is 14.7 Å². The highest BCUT2D eigenvalue weighted by molar-refractivity contribution is 6.30. The van der Waals surface area contributed by atoms with Gasteiger partial charge in [0.2, 0.25) is 0 Å². The van der Waals surface area contributed by atoms with Crippen molar-refractivity contribution in [2.75, 3.05) is 29.1 Å². The molecule has 4 N–H and O–H groups in total. The summed E-state index contributed by atoms with van der Waals surface area (Å²) in [5.41, 5.74) is 6.90. The van der Waals surface area contributed by atoms with E-state index < -0.39 is 24.0 Å². The number of aliphatic hydroxyl groups excluding tert-OH is 1. The summed E-state index contributed by atoms with van der Waals surface area (Å²) in [6, 6.07) is 13.6. The predicted molar refractivity (Wildman–Crippen MR) is 114 cm³/mol. The van der Waals surface area contributed by atoms with Gasteiger partial charge in [-0.3, -0.25) is 9.59 Å². The molecule has 2 heterocycles. The Bertz CT molecular complexity index is 1110. The molecule has 0 aliphatic carbocycles. The fraction of sp³-hybridized carbons (Fsp3) is 0.190. The van der Waals surface area contributed by atoms with Gasteiger partial charge in [-0.15, -0.1) is 0 Å². The van der Waals surface area contributed by atoms with Crippen molar-refractivity contribution in [2.45, 2.75) is 12.2 Å². The van der Waals surface area contributed by atoms with Gasteiger partial charge in [-0.05, 0) is 53.9 Å². The fourth-order valence-electron chi connectivity index (χ4n) is 3.34. The number of carbonyl (C=O) groups is 2. The van der Waals surface area contributed by atoms with E-state index in [0.717, 1.165) is 10.8 Å². The number of nitrogens with one attached hydrogen (secondary N) is 1. The Kier molecular flexibility index (Phi) is 5.54. The van der Waals surface area contributed by atoms with Crippen LogP contribution in [0.5, 0.6) is 0 Å². The van der Waals surface area contributed by atoms with E-state index in [0.29, 0.717) is 28.8 Å². The fourth-order valence-corrected chi connectivity index (χ4v) is 3.47. The number of aromatic nitrogens is 1. The van der Waals surface area contributed by atoms with E-state index in [1.165, 1.54) is 4.90 Å². The summed E-state index contributed by atoms with van der Waals surface area (Å²) < 4.78 is 5.42. The van der Waals surface area contributed by atoms with Crippen LogP contribution in [0.4, 0.5) is 17.2 Å². The zero-order valence-electron chi connectivity index (χ0n) is 15.8. The van der Waals surface area contributed by atoms with E-state index in [2.05, 4.69) is 10.3 Å². The molecule has 3 aromatic rings. The van der Waals surface area contributed by atoms with Gasteiger partial charge in [-0.1, -0.05) is 11.6 Å². The summed E-state index contributed by atoms with van der Waals surface area (Å²) in [6.07, 6.45) is -1.42. The SMILES string of the molecule is Nc1nccc2cc(NC(=O)C(O)[C@H]3OCCN(c4ccc(Cl)cc4)C3=O)ccc12. The smallest absolute Gasteiger partial charge is 0.259 e. The molecule has 2 aromatic carbocycles. The molecule has 1 saturated heterocycles. The normalized spacial score (nSPS) is 17.7. The van der Waals surface area contributed by atoms with Gasteiger partial charge >= 0.3 is 0 Å². The van der Waals surface area contributed by atoms with Gasteiger partial charge in [-0.2, -0.15) is 0 Å². The number of nitrogen functional groups attached to an aromatic ring is 1. The maximum Gasteiger partial charge on any atom is 0.259 e. The zero-order valence-corrected chi connectivity index (χ0v) is 16.5. The molecule has 9 heteroatoms. The van der Waals surface area contributed by atoms with Crippen molar-refractivity contribution < 1.29 is 19.4 Å². The van der Waals surface area contributed by atoms with Crippen molar-refractivity contribution in [1.82, 2.24) is 4.98 Å².